The van der Waals surface area contributed by atoms with Gasteiger partial charge in [0, 0.05) is 146 Å². The van der Waals surface area contributed by atoms with E-state index >= 15 is 0 Å². The van der Waals surface area contributed by atoms with Gasteiger partial charge >= 0.3 is 76.0 Å². The first-order valence-corrected chi connectivity index (χ1v) is 59.3. The fraction of sp³-hybridized carbons (Fsp3) is 0.932. The van der Waals surface area contributed by atoms with Gasteiger partial charge in [-0.25, -0.2) is 0 Å². The van der Waals surface area contributed by atoms with Crippen molar-refractivity contribution in [2.24, 2.45) is 0 Å². The number of ketones is 5. The topological polar surface area (TPSA) is 834 Å². The molecule has 0 aliphatic carbocycles. The van der Waals surface area contributed by atoms with Gasteiger partial charge in [0.05, 0.1) is 61.0 Å². The summed E-state index contributed by atoms with van der Waals surface area (Å²) in [6.07, 6.45) is 4.88. The maximum atomic E-state index is 12.3. The second kappa shape index (κ2) is 47.1. The van der Waals surface area contributed by atoms with Crippen LogP contribution in [-0.4, -0.2) is 363 Å². The number of nitrogens with zero attached hydrogens (tertiary/aromatic N) is 8. The van der Waals surface area contributed by atoms with Gasteiger partial charge in [-0.3, -0.25) is 109 Å². The summed E-state index contributed by atoms with van der Waals surface area (Å²) < 4.78 is 121. The molecule has 814 valence electrons. The van der Waals surface area contributed by atoms with Crippen molar-refractivity contribution in [2.75, 3.05) is 59.2 Å². The number of hydrogen-bond donors (Lipinski definition) is 25. The Hall–Kier alpha value is -0.870. The molecule has 0 atom stereocenters. The molecule has 0 bridgehead atoms. The van der Waals surface area contributed by atoms with Crippen molar-refractivity contribution in [2.45, 2.75) is 383 Å². The summed E-state index contributed by atoms with van der Waals surface area (Å²) >= 11 is 0. The quantitative estimate of drug-likeness (QED) is 0.0380. The van der Waals surface area contributed by atoms with Crippen molar-refractivity contribution in [3.8, 4) is 0 Å². The minimum atomic E-state index is -6.63. The fourth-order valence-electron chi connectivity index (χ4n) is 17.3. The van der Waals surface area contributed by atoms with Gasteiger partial charge in [-0.15, -0.1) is 0 Å². The summed E-state index contributed by atoms with van der Waals surface area (Å²) in [5.41, 5.74) is -27.6. The summed E-state index contributed by atoms with van der Waals surface area (Å²) in [7, 11) is -66.1. The third-order valence-electron chi connectivity index (χ3n) is 20.3. The van der Waals surface area contributed by atoms with Crippen LogP contribution in [0.25, 0.3) is 0 Å². The fourth-order valence-corrected chi connectivity index (χ4v) is 32.4. The number of hydroxylamine groups is 10. The number of carbonyl (C=O) groups excluding carboxylic acids is 5. The van der Waals surface area contributed by atoms with E-state index in [4.69, 9.17) is 24.2 Å². The van der Waals surface area contributed by atoms with E-state index in [-0.39, 0.29) is 117 Å². The van der Waals surface area contributed by atoms with E-state index < -0.39 is 172 Å². The van der Waals surface area contributed by atoms with Gasteiger partial charge in [0.15, 0.2) is 0 Å². The minimum Gasteiger partial charge on any atom is -0.388 e. The van der Waals surface area contributed by atoms with E-state index in [1.54, 1.807) is 69.2 Å². The van der Waals surface area contributed by atoms with E-state index in [9.17, 15) is 193 Å². The number of rotatable bonds is 36. The van der Waals surface area contributed by atoms with E-state index in [1.807, 2.05) is 164 Å². The molecule has 5 rings (SSSR count). The highest BCUT2D eigenvalue weighted by molar-refractivity contribution is 7.73. The highest BCUT2D eigenvalue weighted by atomic mass is 31.3. The first-order valence-electron chi connectivity index (χ1n) is 42.5. The second-order valence-corrected chi connectivity index (χ2v) is 63.3. The third kappa shape index (κ3) is 45.6. The van der Waals surface area contributed by atoms with Crippen molar-refractivity contribution >= 4 is 105 Å². The van der Waals surface area contributed by atoms with Crippen LogP contribution in [0.5, 0.6) is 0 Å². The Balaban J connectivity index is 0.00000178. The van der Waals surface area contributed by atoms with Crippen molar-refractivity contribution in [3.63, 3.8) is 0 Å². The summed E-state index contributed by atoms with van der Waals surface area (Å²) in [4.78, 5) is 277. The highest BCUT2D eigenvalue weighted by Crippen LogP contribution is 2.71. The van der Waals surface area contributed by atoms with Crippen molar-refractivity contribution in [1.82, 2.24) is 40.0 Å². The average Bonchev–Trinajstić information content (AvgIpc) is 0.746. The molecule has 0 saturated carbocycles. The monoisotopic (exact) mass is 2190 g/mol. The number of aliphatic hydroxyl groups is 5. The largest absolute Gasteiger partial charge is 0.388 e. The molecule has 0 aromatic heterocycles. The Morgan fingerprint density at radius 2 is 0.328 bits per heavy atom. The lowest BCUT2D eigenvalue weighted by atomic mass is 9.81. The molecule has 5 fully saturated rings. The Morgan fingerprint density at radius 1 is 0.226 bits per heavy atom. The second-order valence-electron chi connectivity index (χ2n) is 44.6. The lowest BCUT2D eigenvalue weighted by molar-refractivity contribution is -0.290. The van der Waals surface area contributed by atoms with Crippen LogP contribution in [0, 0.1) is 0 Å². The summed E-state index contributed by atoms with van der Waals surface area (Å²) in [6, 6.07) is 0. The summed E-state index contributed by atoms with van der Waals surface area (Å²) in [5, 5.41) is 58.0. The molecular formula is C74H158N8O45P10. The molecule has 5 heterocycles. The average molecular weight is 2190 g/mol. The first-order chi connectivity index (χ1) is 59.4. The molecule has 137 heavy (non-hydrogen) atoms. The van der Waals surface area contributed by atoms with Gasteiger partial charge in [-0.05, 0) is 208 Å². The summed E-state index contributed by atoms with van der Waals surface area (Å²) in [6.45, 7) is 49.6. The third-order valence-corrected chi connectivity index (χ3v) is 38.4. The van der Waals surface area contributed by atoms with E-state index in [0.717, 1.165) is 0 Å². The molecule has 63 heteroatoms. The first kappa shape index (κ1) is 136. The lowest BCUT2D eigenvalue weighted by Crippen LogP contribution is -2.61. The van der Waals surface area contributed by atoms with Crippen LogP contribution in [0.4, 0.5) is 0 Å². The highest BCUT2D eigenvalue weighted by Gasteiger charge is 2.63. The van der Waals surface area contributed by atoms with Gasteiger partial charge in [0.2, 0.25) is 27.6 Å². The molecule has 0 aromatic carbocycles. The van der Waals surface area contributed by atoms with Crippen LogP contribution in [0.2, 0.25) is 0 Å². The van der Waals surface area contributed by atoms with Crippen LogP contribution in [0.15, 0.2) is 0 Å². The van der Waals surface area contributed by atoms with Crippen molar-refractivity contribution < 1.29 is 217 Å². The zero-order valence-corrected chi connectivity index (χ0v) is 92.7. The molecule has 5 aliphatic heterocycles. The van der Waals surface area contributed by atoms with Gasteiger partial charge < -0.3 is 123 Å². The smallest absolute Gasteiger partial charge is 0.355 e. The SMILES string of the molecule is CC(C)(O)CON1C(C)(C)CC(=O)CC1(C)C.CC(C)(O)CON1C(C)(C)CC(=O)CC1(C)C.CC(C)(O)CON1C(C)(C)CC(=O)CC1(C)C.CC(C)(O)CON1C(C)(C)CC(=O)CC1(C)C.CC(C)(O)CON1C(C)(C)CC(=O)CC1(C)C.O=P(O)(O)C(N(CCN(C(P(=O)(O)O)P(=O)(O)O)C(P(=O)(O)O)P(=O)(O)O)CCN(C(P(=O)(O)O)P(=O)(O)O)C(P(=O)(O)O)P(=O)(O)O)P(=O)(O)O. The maximum absolute atomic E-state index is 12.3. The maximum Gasteiger partial charge on any atom is 0.355 e. The molecule has 25 N–H and O–H groups in total. The standard InChI is InChI=1S/5C13H25NO3.C9H33N3O30P10/c5*1-11(2)7-10(15)8-12(3,4)14(11)17-9-13(5,6)16;13-43(14,15)5(44(16,17)18)10(1-3-11(6(45(19,20)21)46(22,23)24)7(47(25,26)27)48(28,29)30)2-4-12(8(49(31,32)33)50(34,35)36)9(51(37,38)39)52(40,41)42/h5*16H,7-9H2,1-6H3;5-9H,1-4H2,(H2,13,14,15)(H2,16,17,18)(H2,19,20,21)(H2,22,23,24)(H2,25,26,27)(H2,28,29,30)(H2,31,32,33)(H2,34,35,36)(H2,37,38,39)(H2,40,41,42). The Morgan fingerprint density at radius 3 is 0.416 bits per heavy atom. The molecule has 0 unspecified atom stereocenters. The number of carbonyl (C=O) groups is 5. The minimum absolute atomic E-state index is 0.230. The van der Waals surface area contributed by atoms with Gasteiger partial charge in [0.1, 0.15) is 28.9 Å². The van der Waals surface area contributed by atoms with Gasteiger partial charge in [-0.1, -0.05) is 0 Å². The van der Waals surface area contributed by atoms with Crippen LogP contribution < -0.4 is 0 Å². The van der Waals surface area contributed by atoms with Gasteiger partial charge in [-0.2, -0.15) is 25.3 Å². The van der Waals surface area contributed by atoms with Crippen LogP contribution >= 0.6 is 76.0 Å². The normalized spacial score (nSPS) is 21.5. The van der Waals surface area contributed by atoms with E-state index in [2.05, 4.69) is 0 Å². The zero-order chi connectivity index (χ0) is 110. The molecular weight excluding hydrogens is 2030 g/mol. The molecule has 0 aromatic rings. The molecule has 0 radical (unpaired) electrons. The Labute approximate surface area is 800 Å². The molecule has 53 nitrogen and oxygen atoms in total. The van der Waals surface area contributed by atoms with Crippen molar-refractivity contribution in [3.05, 3.63) is 0 Å². The van der Waals surface area contributed by atoms with Crippen LogP contribution in [0.1, 0.15) is 272 Å². The van der Waals surface area contributed by atoms with E-state index in [0.29, 0.717) is 64.2 Å². The van der Waals surface area contributed by atoms with Crippen molar-refractivity contribution in [1.29, 1.82) is 0 Å². The van der Waals surface area contributed by atoms with Crippen LogP contribution in [0.3, 0.4) is 0 Å². The molecule has 0 amide bonds. The predicted octanol–water partition coefficient (Wildman–Crippen LogP) is 4.64. The van der Waals surface area contributed by atoms with Crippen LogP contribution in [-0.2, 0) is 93.8 Å². The predicted molar refractivity (Wildman–Crippen MR) is 497 cm³/mol. The molecule has 5 aliphatic rings. The van der Waals surface area contributed by atoms with Gasteiger partial charge in [0.25, 0.3) is 0 Å². The molecule has 0 spiro atoms. The lowest BCUT2D eigenvalue weighted by Gasteiger charge is -2.51. The number of Topliss-reactive ketones (excluding diaryl/α,β-unsaturated/α-hetero) is 5. The molecule has 5 saturated heterocycles. The van der Waals surface area contributed by atoms with E-state index in [1.165, 1.54) is 0 Å². The zero-order valence-electron chi connectivity index (χ0n) is 83.7. The Kier molecular flexibility index (Phi) is 46.8. The number of hydrogen-bond acceptors (Lipinski definition) is 33. The number of piperidine rings is 5. The Bertz CT molecular complexity index is 3820. The summed E-state index contributed by atoms with van der Waals surface area (Å²) in [5.74, 6) is 1.33.